The minimum Gasteiger partial charge on any atom is -0.480 e. The Hall–Kier alpha value is -2.11. The SMILES string of the molecule is Cc1cnc2c(c1)c(NCC(=O)O)nn2C. The van der Waals surface area contributed by atoms with Crippen LogP contribution in [0.4, 0.5) is 5.82 Å². The molecule has 16 heavy (non-hydrogen) atoms. The van der Waals surface area contributed by atoms with E-state index in [0.717, 1.165) is 16.6 Å². The molecule has 0 bridgehead atoms. The van der Waals surface area contributed by atoms with Crippen molar-refractivity contribution in [1.29, 1.82) is 0 Å². The van der Waals surface area contributed by atoms with Crippen LogP contribution in [0, 0.1) is 6.92 Å². The summed E-state index contributed by atoms with van der Waals surface area (Å²) in [6.45, 7) is 1.78. The van der Waals surface area contributed by atoms with Crippen molar-refractivity contribution in [3.8, 4) is 0 Å². The Morgan fingerprint density at radius 1 is 1.62 bits per heavy atom. The molecule has 0 fully saturated rings. The maximum Gasteiger partial charge on any atom is 0.322 e. The molecular weight excluding hydrogens is 208 g/mol. The summed E-state index contributed by atoms with van der Waals surface area (Å²) in [5, 5.41) is 16.4. The molecule has 0 aliphatic rings. The van der Waals surface area contributed by atoms with Gasteiger partial charge in [0.2, 0.25) is 0 Å². The van der Waals surface area contributed by atoms with Gasteiger partial charge >= 0.3 is 5.97 Å². The first-order valence-corrected chi connectivity index (χ1v) is 4.83. The van der Waals surface area contributed by atoms with Crippen molar-refractivity contribution in [2.45, 2.75) is 6.92 Å². The number of carbonyl (C=O) groups is 1. The van der Waals surface area contributed by atoms with Crippen molar-refractivity contribution in [1.82, 2.24) is 14.8 Å². The van der Waals surface area contributed by atoms with Crippen LogP contribution in [-0.4, -0.2) is 32.4 Å². The summed E-state index contributed by atoms with van der Waals surface area (Å²) < 4.78 is 1.62. The maximum atomic E-state index is 10.5. The van der Waals surface area contributed by atoms with Crippen LogP contribution in [0.5, 0.6) is 0 Å². The van der Waals surface area contributed by atoms with E-state index < -0.39 is 5.97 Å². The normalized spacial score (nSPS) is 10.6. The van der Waals surface area contributed by atoms with Gasteiger partial charge in [-0.05, 0) is 18.6 Å². The molecule has 84 valence electrons. The zero-order chi connectivity index (χ0) is 11.7. The molecule has 0 radical (unpaired) electrons. The van der Waals surface area contributed by atoms with Crippen molar-refractivity contribution in [2.75, 3.05) is 11.9 Å². The number of nitrogens with one attached hydrogen (secondary N) is 1. The van der Waals surface area contributed by atoms with E-state index >= 15 is 0 Å². The van der Waals surface area contributed by atoms with Gasteiger partial charge in [0.15, 0.2) is 11.5 Å². The molecule has 0 aliphatic carbocycles. The molecule has 0 aliphatic heterocycles. The number of carboxylic acids is 1. The molecule has 0 saturated heterocycles. The minimum atomic E-state index is -0.917. The molecule has 0 unspecified atom stereocenters. The monoisotopic (exact) mass is 220 g/mol. The van der Waals surface area contributed by atoms with E-state index in [0.29, 0.717) is 5.82 Å². The fourth-order valence-electron chi connectivity index (χ4n) is 1.54. The molecule has 6 heteroatoms. The summed E-state index contributed by atoms with van der Waals surface area (Å²) in [5.41, 5.74) is 1.75. The summed E-state index contributed by atoms with van der Waals surface area (Å²) in [7, 11) is 1.77. The van der Waals surface area contributed by atoms with Gasteiger partial charge in [0.25, 0.3) is 0 Å². The highest BCUT2D eigenvalue weighted by Crippen LogP contribution is 2.20. The molecular formula is C10H12N4O2. The number of nitrogens with zero attached hydrogens (tertiary/aromatic N) is 3. The van der Waals surface area contributed by atoms with Gasteiger partial charge in [-0.3, -0.25) is 4.79 Å². The van der Waals surface area contributed by atoms with E-state index in [4.69, 9.17) is 5.11 Å². The highest BCUT2D eigenvalue weighted by Gasteiger charge is 2.10. The molecule has 0 spiro atoms. The quantitative estimate of drug-likeness (QED) is 0.798. The number of carboxylic acid groups (broad SMARTS) is 1. The smallest absolute Gasteiger partial charge is 0.322 e. The van der Waals surface area contributed by atoms with E-state index in [2.05, 4.69) is 15.4 Å². The van der Waals surface area contributed by atoms with Crippen molar-refractivity contribution in [2.24, 2.45) is 7.05 Å². The Labute approximate surface area is 91.9 Å². The second-order valence-corrected chi connectivity index (χ2v) is 3.60. The molecule has 6 nitrogen and oxygen atoms in total. The average molecular weight is 220 g/mol. The number of rotatable bonds is 3. The van der Waals surface area contributed by atoms with Crippen LogP contribution in [-0.2, 0) is 11.8 Å². The van der Waals surface area contributed by atoms with Crippen LogP contribution in [0.2, 0.25) is 0 Å². The first-order chi connectivity index (χ1) is 7.58. The minimum absolute atomic E-state index is 0.153. The Kier molecular flexibility index (Phi) is 2.47. The maximum absolute atomic E-state index is 10.5. The van der Waals surface area contributed by atoms with Crippen molar-refractivity contribution >= 4 is 22.8 Å². The zero-order valence-electron chi connectivity index (χ0n) is 9.06. The van der Waals surface area contributed by atoms with Gasteiger partial charge in [0.05, 0.1) is 5.39 Å². The molecule has 0 amide bonds. The lowest BCUT2D eigenvalue weighted by molar-refractivity contribution is -0.134. The number of aryl methyl sites for hydroxylation is 2. The Balaban J connectivity index is 2.44. The molecule has 0 saturated carbocycles. The lowest BCUT2D eigenvalue weighted by Crippen LogP contribution is -2.12. The van der Waals surface area contributed by atoms with E-state index in [-0.39, 0.29) is 6.54 Å². The third-order valence-corrected chi connectivity index (χ3v) is 2.22. The van der Waals surface area contributed by atoms with Crippen molar-refractivity contribution in [3.63, 3.8) is 0 Å². The van der Waals surface area contributed by atoms with Crippen LogP contribution in [0.25, 0.3) is 11.0 Å². The number of fused-ring (bicyclic) bond motifs is 1. The average Bonchev–Trinajstić information content (AvgIpc) is 2.52. The first kappa shape index (κ1) is 10.4. The highest BCUT2D eigenvalue weighted by molar-refractivity contribution is 5.89. The van der Waals surface area contributed by atoms with Gasteiger partial charge in [0.1, 0.15) is 6.54 Å². The summed E-state index contributed by atoms with van der Waals surface area (Å²) in [6.07, 6.45) is 1.75. The van der Waals surface area contributed by atoms with Gasteiger partial charge in [-0.15, -0.1) is 0 Å². The Morgan fingerprint density at radius 2 is 2.38 bits per heavy atom. The number of aromatic nitrogens is 3. The predicted molar refractivity (Wildman–Crippen MR) is 59.4 cm³/mol. The molecule has 2 heterocycles. The van der Waals surface area contributed by atoms with Crippen molar-refractivity contribution in [3.05, 3.63) is 17.8 Å². The van der Waals surface area contributed by atoms with Crippen LogP contribution < -0.4 is 5.32 Å². The molecule has 2 aromatic heterocycles. The summed E-state index contributed by atoms with van der Waals surface area (Å²) in [6, 6.07) is 1.93. The molecule has 0 atom stereocenters. The molecule has 2 rings (SSSR count). The number of hydrogen-bond donors (Lipinski definition) is 2. The van der Waals surface area contributed by atoms with Gasteiger partial charge in [-0.1, -0.05) is 0 Å². The van der Waals surface area contributed by atoms with E-state index in [9.17, 15) is 4.79 Å². The zero-order valence-corrected chi connectivity index (χ0v) is 9.06. The third-order valence-electron chi connectivity index (χ3n) is 2.22. The van der Waals surface area contributed by atoms with E-state index in [1.807, 2.05) is 13.0 Å². The standard InChI is InChI=1S/C10H12N4O2/c1-6-3-7-9(11-5-8(15)16)13-14(2)10(7)12-4-6/h3-4H,5H2,1-2H3,(H,11,13)(H,15,16). The van der Waals surface area contributed by atoms with Crippen LogP contribution in [0.1, 0.15) is 5.56 Å². The summed E-state index contributed by atoms with van der Waals surface area (Å²) in [5.74, 6) is -0.365. The Morgan fingerprint density at radius 3 is 3.06 bits per heavy atom. The lowest BCUT2D eigenvalue weighted by atomic mass is 10.2. The van der Waals surface area contributed by atoms with Crippen LogP contribution in [0.3, 0.4) is 0 Å². The summed E-state index contributed by atoms with van der Waals surface area (Å²) in [4.78, 5) is 14.7. The third kappa shape index (κ3) is 1.81. The largest absolute Gasteiger partial charge is 0.480 e. The Bertz CT molecular complexity index is 547. The predicted octanol–water partition coefficient (Wildman–Crippen LogP) is 0.773. The fraction of sp³-hybridized carbons (Fsp3) is 0.300. The number of pyridine rings is 1. The number of anilines is 1. The van der Waals surface area contributed by atoms with Gasteiger partial charge in [-0.25, -0.2) is 9.67 Å². The topological polar surface area (TPSA) is 80.0 Å². The fourth-order valence-corrected chi connectivity index (χ4v) is 1.54. The van der Waals surface area contributed by atoms with Gasteiger partial charge in [-0.2, -0.15) is 5.10 Å². The van der Waals surface area contributed by atoms with Crippen LogP contribution >= 0.6 is 0 Å². The lowest BCUT2D eigenvalue weighted by Gasteiger charge is -1.98. The highest BCUT2D eigenvalue weighted by atomic mass is 16.4. The number of aliphatic carboxylic acids is 1. The van der Waals surface area contributed by atoms with E-state index in [1.165, 1.54) is 0 Å². The molecule has 2 aromatic rings. The first-order valence-electron chi connectivity index (χ1n) is 4.83. The van der Waals surface area contributed by atoms with Gasteiger partial charge in [0, 0.05) is 13.2 Å². The molecule has 2 N–H and O–H groups in total. The molecule has 0 aromatic carbocycles. The van der Waals surface area contributed by atoms with E-state index in [1.54, 1.807) is 17.9 Å². The van der Waals surface area contributed by atoms with Gasteiger partial charge < -0.3 is 10.4 Å². The second kappa shape index (κ2) is 3.80. The van der Waals surface area contributed by atoms with Crippen LogP contribution in [0.15, 0.2) is 12.3 Å². The second-order valence-electron chi connectivity index (χ2n) is 3.60. The van der Waals surface area contributed by atoms with Crippen molar-refractivity contribution < 1.29 is 9.90 Å². The number of hydrogen-bond acceptors (Lipinski definition) is 4. The summed E-state index contributed by atoms with van der Waals surface area (Å²) >= 11 is 0.